The first-order valence-corrected chi connectivity index (χ1v) is 10.1. The number of halogens is 1. The summed E-state index contributed by atoms with van der Waals surface area (Å²) in [7, 11) is 0. The molecular formula is C20H15BrN2O5S. The van der Waals surface area contributed by atoms with Gasteiger partial charge < -0.3 is 9.84 Å². The highest BCUT2D eigenvalue weighted by Crippen LogP contribution is 2.40. The summed E-state index contributed by atoms with van der Waals surface area (Å²) in [5.41, 5.74) is 1.15. The molecule has 2 aromatic rings. The fourth-order valence-electron chi connectivity index (χ4n) is 2.51. The van der Waals surface area contributed by atoms with Crippen LogP contribution in [0, 0.1) is 10.1 Å². The molecule has 0 saturated carbocycles. The number of esters is 1. The van der Waals surface area contributed by atoms with Crippen LogP contribution < -0.4 is 0 Å². The summed E-state index contributed by atoms with van der Waals surface area (Å²) in [4.78, 5) is 27.5. The lowest BCUT2D eigenvalue weighted by atomic mass is 10.1. The lowest BCUT2D eigenvalue weighted by molar-refractivity contribution is -0.384. The number of carbonyl (C=O) groups excluding carboxylic acids is 1. The number of non-ortho nitro benzene ring substituents is 1. The van der Waals surface area contributed by atoms with Gasteiger partial charge in [0.25, 0.3) is 5.69 Å². The number of thioether (sulfide) groups is 1. The second kappa shape index (κ2) is 9.06. The maximum Gasteiger partial charge on any atom is 0.344 e. The molecule has 0 aromatic heterocycles. The monoisotopic (exact) mass is 474 g/mol. The van der Waals surface area contributed by atoms with Crippen molar-refractivity contribution in [2.75, 3.05) is 6.61 Å². The minimum atomic E-state index is -0.684. The molecule has 148 valence electrons. The van der Waals surface area contributed by atoms with Crippen molar-refractivity contribution < 1.29 is 19.6 Å². The van der Waals surface area contributed by atoms with E-state index < -0.39 is 10.9 Å². The summed E-state index contributed by atoms with van der Waals surface area (Å²) in [5, 5.41) is 21.7. The Labute approximate surface area is 179 Å². The number of nitro groups is 1. The molecule has 0 spiro atoms. The van der Waals surface area contributed by atoms with Gasteiger partial charge in [-0.1, -0.05) is 39.8 Å². The molecule has 0 bridgehead atoms. The number of nitrogens with zero attached hydrogens (tertiary/aromatic N) is 2. The molecule has 0 aliphatic carbocycles. The fraction of sp³-hybridized carbons (Fsp3) is 0.100. The molecule has 7 nitrogen and oxygen atoms in total. The third-order valence-corrected chi connectivity index (χ3v) is 5.32. The number of hydrogen-bond donors (Lipinski definition) is 1. The van der Waals surface area contributed by atoms with Crippen molar-refractivity contribution in [1.29, 1.82) is 0 Å². The van der Waals surface area contributed by atoms with Gasteiger partial charge >= 0.3 is 5.97 Å². The smallest absolute Gasteiger partial charge is 0.344 e. The molecule has 29 heavy (non-hydrogen) atoms. The van der Waals surface area contributed by atoms with Crippen LogP contribution in [0.5, 0.6) is 0 Å². The van der Waals surface area contributed by atoms with Crippen LogP contribution in [-0.4, -0.2) is 27.6 Å². The highest BCUT2D eigenvalue weighted by Gasteiger charge is 2.33. The normalized spacial score (nSPS) is 16.5. The number of carbonyl (C=O) groups is 1. The van der Waals surface area contributed by atoms with E-state index in [0.29, 0.717) is 10.6 Å². The molecule has 1 aliphatic rings. The Morgan fingerprint density at radius 1 is 1.31 bits per heavy atom. The Hall–Kier alpha value is -2.91. The minimum Gasteiger partial charge on any atom is -0.506 e. The molecule has 0 radical (unpaired) electrons. The van der Waals surface area contributed by atoms with Gasteiger partial charge in [-0.25, -0.2) is 9.79 Å². The first kappa shape index (κ1) is 20.8. The summed E-state index contributed by atoms with van der Waals surface area (Å²) in [6.45, 7) is 1.82. The van der Waals surface area contributed by atoms with Gasteiger partial charge in [-0.05, 0) is 42.8 Å². The largest absolute Gasteiger partial charge is 0.506 e. The van der Waals surface area contributed by atoms with E-state index in [2.05, 4.69) is 20.9 Å². The van der Waals surface area contributed by atoms with Crippen LogP contribution >= 0.6 is 27.7 Å². The number of rotatable bonds is 5. The van der Waals surface area contributed by atoms with Crippen LogP contribution in [0.4, 0.5) is 11.4 Å². The molecule has 1 heterocycles. The SMILES string of the molecule is CCOC(=O)C1=C(O)/C(=C/c2cccc(Br)c2)SC1=Nc1ccc([N+](=O)[O-])cc1. The summed E-state index contributed by atoms with van der Waals surface area (Å²) in [6.07, 6.45) is 1.74. The van der Waals surface area contributed by atoms with Crippen molar-refractivity contribution >= 4 is 56.2 Å². The van der Waals surface area contributed by atoms with E-state index >= 15 is 0 Å². The minimum absolute atomic E-state index is 0.0311. The highest BCUT2D eigenvalue weighted by molar-refractivity contribution is 9.10. The van der Waals surface area contributed by atoms with E-state index in [-0.39, 0.29) is 28.7 Å². The van der Waals surface area contributed by atoms with Gasteiger partial charge in [0.2, 0.25) is 0 Å². The Bertz CT molecular complexity index is 1060. The van der Waals surface area contributed by atoms with Crippen LogP contribution in [0.3, 0.4) is 0 Å². The Kier molecular flexibility index (Phi) is 6.50. The van der Waals surface area contributed by atoms with Crippen LogP contribution in [-0.2, 0) is 9.53 Å². The number of nitro benzene ring substituents is 1. The van der Waals surface area contributed by atoms with E-state index in [1.54, 1.807) is 13.0 Å². The molecular weight excluding hydrogens is 460 g/mol. The maximum atomic E-state index is 12.4. The van der Waals surface area contributed by atoms with Crippen molar-refractivity contribution in [3.8, 4) is 0 Å². The average molecular weight is 475 g/mol. The molecule has 0 amide bonds. The second-order valence-corrected chi connectivity index (χ2v) is 7.75. The number of hydrogen-bond acceptors (Lipinski definition) is 7. The van der Waals surface area contributed by atoms with Gasteiger partial charge in [-0.2, -0.15) is 0 Å². The summed E-state index contributed by atoms with van der Waals surface area (Å²) in [5.74, 6) is -0.898. The van der Waals surface area contributed by atoms with Crippen molar-refractivity contribution in [3.05, 3.63) is 84.9 Å². The quantitative estimate of drug-likeness (QED) is 0.346. The van der Waals surface area contributed by atoms with Crippen molar-refractivity contribution in [3.63, 3.8) is 0 Å². The van der Waals surface area contributed by atoms with E-state index in [9.17, 15) is 20.0 Å². The number of aliphatic hydroxyl groups excluding tert-OH is 1. The van der Waals surface area contributed by atoms with Crippen LogP contribution in [0.1, 0.15) is 12.5 Å². The number of aliphatic hydroxyl groups is 1. The Balaban J connectivity index is 2.01. The lowest BCUT2D eigenvalue weighted by Crippen LogP contribution is -2.12. The molecule has 1 aliphatic heterocycles. The first-order valence-electron chi connectivity index (χ1n) is 8.48. The molecule has 0 atom stereocenters. The van der Waals surface area contributed by atoms with Crippen molar-refractivity contribution in [2.24, 2.45) is 4.99 Å². The number of benzene rings is 2. The zero-order valence-electron chi connectivity index (χ0n) is 15.2. The Morgan fingerprint density at radius 2 is 2.03 bits per heavy atom. The van der Waals surface area contributed by atoms with Crippen molar-refractivity contribution in [1.82, 2.24) is 0 Å². The molecule has 0 unspecified atom stereocenters. The zero-order valence-corrected chi connectivity index (χ0v) is 17.6. The molecule has 0 fully saturated rings. The Morgan fingerprint density at radius 3 is 2.66 bits per heavy atom. The van der Waals surface area contributed by atoms with Gasteiger partial charge in [0.1, 0.15) is 16.4 Å². The topological polar surface area (TPSA) is 102 Å². The number of ether oxygens (including phenoxy) is 1. The van der Waals surface area contributed by atoms with E-state index in [4.69, 9.17) is 4.74 Å². The average Bonchev–Trinajstić information content (AvgIpc) is 2.97. The third kappa shape index (κ3) is 4.93. The predicted molar refractivity (Wildman–Crippen MR) is 116 cm³/mol. The summed E-state index contributed by atoms with van der Waals surface area (Å²) >= 11 is 4.52. The van der Waals surface area contributed by atoms with Gasteiger partial charge in [-0.15, -0.1) is 0 Å². The standard InChI is InChI=1S/C20H15BrN2O5S/c1-2-28-20(25)17-18(24)16(11-12-4-3-5-13(21)10-12)29-19(17)22-14-6-8-15(9-7-14)23(26)27/h3-11,24H,2H2,1H3/b16-11-,22-19?. The van der Waals surface area contributed by atoms with E-state index in [1.807, 2.05) is 24.3 Å². The van der Waals surface area contributed by atoms with Crippen LogP contribution in [0.15, 0.2) is 74.2 Å². The summed E-state index contributed by atoms with van der Waals surface area (Å²) < 4.78 is 5.94. The number of aliphatic imine (C=N–C) groups is 1. The van der Waals surface area contributed by atoms with Crippen LogP contribution in [0.2, 0.25) is 0 Å². The lowest BCUT2D eigenvalue weighted by Gasteiger charge is -2.03. The van der Waals surface area contributed by atoms with E-state index in [0.717, 1.165) is 21.8 Å². The third-order valence-electron chi connectivity index (χ3n) is 3.81. The molecule has 0 saturated heterocycles. The van der Waals surface area contributed by atoms with Gasteiger partial charge in [0, 0.05) is 16.6 Å². The van der Waals surface area contributed by atoms with Gasteiger partial charge in [0.05, 0.1) is 22.1 Å². The fourth-order valence-corrected chi connectivity index (χ4v) is 3.96. The maximum absolute atomic E-state index is 12.4. The molecule has 2 aromatic carbocycles. The van der Waals surface area contributed by atoms with Crippen LogP contribution in [0.25, 0.3) is 6.08 Å². The summed E-state index contributed by atoms with van der Waals surface area (Å²) in [6, 6.07) is 13.1. The van der Waals surface area contributed by atoms with Gasteiger partial charge in [0.15, 0.2) is 0 Å². The highest BCUT2D eigenvalue weighted by atomic mass is 79.9. The first-order chi connectivity index (χ1) is 13.9. The molecule has 1 N–H and O–H groups in total. The second-order valence-electron chi connectivity index (χ2n) is 5.80. The van der Waals surface area contributed by atoms with E-state index in [1.165, 1.54) is 24.3 Å². The zero-order chi connectivity index (χ0) is 21.0. The van der Waals surface area contributed by atoms with Crippen molar-refractivity contribution in [2.45, 2.75) is 6.92 Å². The predicted octanol–water partition coefficient (Wildman–Crippen LogP) is 5.55. The van der Waals surface area contributed by atoms with Gasteiger partial charge in [-0.3, -0.25) is 10.1 Å². The molecule has 3 rings (SSSR count). The molecule has 9 heteroatoms.